The van der Waals surface area contributed by atoms with E-state index in [1.54, 1.807) is 6.92 Å². The first-order chi connectivity index (χ1) is 4.66. The molecule has 0 rings (SSSR count). The van der Waals surface area contributed by atoms with E-state index in [1.807, 2.05) is 0 Å². The van der Waals surface area contributed by atoms with Gasteiger partial charge in [-0.3, -0.25) is 4.79 Å². The quantitative estimate of drug-likeness (QED) is 0.321. The fourth-order valence-electron chi connectivity index (χ4n) is 0.264. The van der Waals surface area contributed by atoms with Crippen LogP contribution in [-0.4, -0.2) is 25.2 Å². The predicted molar refractivity (Wildman–Crippen MR) is 33.2 cm³/mol. The molecule has 58 valence electrons. The molecule has 10 heavy (non-hydrogen) atoms. The summed E-state index contributed by atoms with van der Waals surface area (Å²) in [7, 11) is 0. The Bertz CT molecular complexity index is 121. The number of esters is 1. The van der Waals surface area contributed by atoms with Crippen LogP contribution in [-0.2, 0) is 19.1 Å². The third kappa shape index (κ3) is 5.24. The van der Waals surface area contributed by atoms with Crippen LogP contribution in [0.15, 0.2) is 0 Å². The molecule has 0 amide bonds. The highest BCUT2D eigenvalue weighted by Crippen LogP contribution is 1.85. The Labute approximate surface area is 59.1 Å². The molecule has 0 heterocycles. The monoisotopic (exact) mass is 146 g/mol. The lowest BCUT2D eigenvalue weighted by Gasteiger charge is -2.04. The van der Waals surface area contributed by atoms with E-state index in [-0.39, 0.29) is 6.79 Å². The highest BCUT2D eigenvalue weighted by Gasteiger charge is 1.98. The Balaban J connectivity index is 3.19. The van der Waals surface area contributed by atoms with Crippen molar-refractivity contribution < 1.29 is 19.1 Å². The minimum atomic E-state index is -0.514. The van der Waals surface area contributed by atoms with Crippen molar-refractivity contribution in [2.24, 2.45) is 0 Å². The lowest BCUT2D eigenvalue weighted by atomic mass is 10.5. The van der Waals surface area contributed by atoms with E-state index in [1.165, 1.54) is 6.92 Å². The zero-order valence-electron chi connectivity index (χ0n) is 5.99. The molecule has 0 bridgehead atoms. The van der Waals surface area contributed by atoms with Crippen molar-refractivity contribution >= 4 is 12.3 Å². The summed E-state index contributed by atoms with van der Waals surface area (Å²) in [6.45, 7) is 2.68. The summed E-state index contributed by atoms with van der Waals surface area (Å²) in [4.78, 5) is 20.0. The van der Waals surface area contributed by atoms with Gasteiger partial charge in [0.25, 0.3) is 0 Å². The molecule has 1 unspecified atom stereocenters. The summed E-state index contributed by atoms with van der Waals surface area (Å²) in [6, 6.07) is 0. The second-order valence-electron chi connectivity index (χ2n) is 1.76. The average Bonchev–Trinajstić information content (AvgIpc) is 1.87. The third-order valence-corrected chi connectivity index (χ3v) is 0.785. The maximum absolute atomic E-state index is 10.1. The summed E-state index contributed by atoms with van der Waals surface area (Å²) < 4.78 is 9.09. The van der Waals surface area contributed by atoms with Gasteiger partial charge in [-0.25, -0.2) is 0 Å². The summed E-state index contributed by atoms with van der Waals surface area (Å²) in [5.74, 6) is -0.418. The minimum absolute atomic E-state index is 0.157. The summed E-state index contributed by atoms with van der Waals surface area (Å²) >= 11 is 0. The largest absolute Gasteiger partial charge is 0.439 e. The molecule has 0 aromatic heterocycles. The van der Waals surface area contributed by atoms with Crippen LogP contribution in [0.5, 0.6) is 0 Å². The average molecular weight is 146 g/mol. The number of carbonyl (C=O) groups excluding carboxylic acids is 2. The van der Waals surface area contributed by atoms with Gasteiger partial charge in [-0.1, -0.05) is 0 Å². The van der Waals surface area contributed by atoms with Crippen LogP contribution in [0.3, 0.4) is 0 Å². The summed E-state index contributed by atoms with van der Waals surface area (Å²) in [6.07, 6.45) is 0.114. The van der Waals surface area contributed by atoms with Crippen molar-refractivity contribution in [3.05, 3.63) is 0 Å². The molecule has 0 radical (unpaired) electrons. The van der Waals surface area contributed by atoms with E-state index < -0.39 is 12.1 Å². The van der Waals surface area contributed by atoms with E-state index in [0.717, 1.165) is 0 Å². The second kappa shape index (κ2) is 4.93. The van der Waals surface area contributed by atoms with Crippen molar-refractivity contribution in [2.75, 3.05) is 6.79 Å². The molecule has 0 aliphatic rings. The molecule has 0 fully saturated rings. The zero-order valence-corrected chi connectivity index (χ0v) is 5.99. The molecule has 0 spiro atoms. The molecular weight excluding hydrogens is 136 g/mol. The van der Waals surface area contributed by atoms with E-state index in [0.29, 0.717) is 6.29 Å². The summed E-state index contributed by atoms with van der Waals surface area (Å²) in [5.41, 5.74) is 0. The smallest absolute Gasteiger partial charge is 0.304 e. The number of hydrogen-bond donors (Lipinski definition) is 0. The molecule has 0 aliphatic carbocycles. The standard InChI is InChI=1S/C6H10O4/c1-5(3-7)9-4-10-6(2)8/h3,5H,4H2,1-2H3. The number of aldehydes is 1. The highest BCUT2D eigenvalue weighted by atomic mass is 16.7. The lowest BCUT2D eigenvalue weighted by Crippen LogP contribution is -2.13. The SMILES string of the molecule is CC(=O)OCOC(C)C=O. The van der Waals surface area contributed by atoms with Crippen molar-refractivity contribution in [3.63, 3.8) is 0 Å². The van der Waals surface area contributed by atoms with Crippen LogP contribution in [0.1, 0.15) is 13.8 Å². The number of ether oxygens (including phenoxy) is 2. The van der Waals surface area contributed by atoms with Crippen molar-refractivity contribution in [2.45, 2.75) is 20.0 Å². The van der Waals surface area contributed by atoms with Crippen molar-refractivity contribution in [3.8, 4) is 0 Å². The normalized spacial score (nSPS) is 12.2. The van der Waals surface area contributed by atoms with Crippen LogP contribution in [0.2, 0.25) is 0 Å². The van der Waals surface area contributed by atoms with E-state index in [2.05, 4.69) is 4.74 Å². The Morgan fingerprint density at radius 1 is 1.70 bits per heavy atom. The summed E-state index contributed by atoms with van der Waals surface area (Å²) in [5, 5.41) is 0. The first-order valence-electron chi connectivity index (χ1n) is 2.87. The van der Waals surface area contributed by atoms with E-state index >= 15 is 0 Å². The van der Waals surface area contributed by atoms with Gasteiger partial charge < -0.3 is 14.3 Å². The van der Waals surface area contributed by atoms with Gasteiger partial charge in [0, 0.05) is 6.92 Å². The molecule has 4 heteroatoms. The molecule has 0 aliphatic heterocycles. The Kier molecular flexibility index (Phi) is 4.49. The molecule has 0 N–H and O–H groups in total. The highest BCUT2D eigenvalue weighted by molar-refractivity contribution is 5.65. The number of carbonyl (C=O) groups is 2. The first kappa shape index (κ1) is 9.10. The first-order valence-corrected chi connectivity index (χ1v) is 2.87. The van der Waals surface area contributed by atoms with E-state index in [4.69, 9.17) is 4.74 Å². The van der Waals surface area contributed by atoms with Crippen molar-refractivity contribution in [1.82, 2.24) is 0 Å². The number of hydrogen-bond acceptors (Lipinski definition) is 4. The maximum atomic E-state index is 10.1. The molecule has 4 nitrogen and oxygen atoms in total. The van der Waals surface area contributed by atoms with Gasteiger partial charge in [-0.15, -0.1) is 0 Å². The van der Waals surface area contributed by atoms with Gasteiger partial charge in [0.1, 0.15) is 12.4 Å². The van der Waals surface area contributed by atoms with Gasteiger partial charge in [-0.2, -0.15) is 0 Å². The van der Waals surface area contributed by atoms with E-state index in [9.17, 15) is 9.59 Å². The van der Waals surface area contributed by atoms with Gasteiger partial charge in [0.2, 0.25) is 0 Å². The molecule has 0 saturated carbocycles. The Hall–Kier alpha value is -0.900. The van der Waals surface area contributed by atoms with Gasteiger partial charge in [-0.05, 0) is 6.92 Å². The van der Waals surface area contributed by atoms with Crippen LogP contribution >= 0.6 is 0 Å². The minimum Gasteiger partial charge on any atom is -0.439 e. The molecule has 0 saturated heterocycles. The van der Waals surface area contributed by atoms with Gasteiger partial charge in [0.05, 0.1) is 0 Å². The maximum Gasteiger partial charge on any atom is 0.304 e. The number of rotatable bonds is 4. The second-order valence-corrected chi connectivity index (χ2v) is 1.76. The Morgan fingerprint density at radius 3 is 2.70 bits per heavy atom. The van der Waals surface area contributed by atoms with Crippen molar-refractivity contribution in [1.29, 1.82) is 0 Å². The van der Waals surface area contributed by atoms with Gasteiger partial charge >= 0.3 is 5.97 Å². The fraction of sp³-hybridized carbons (Fsp3) is 0.667. The third-order valence-electron chi connectivity index (χ3n) is 0.785. The van der Waals surface area contributed by atoms with Crippen LogP contribution < -0.4 is 0 Å². The van der Waals surface area contributed by atoms with Crippen LogP contribution in [0, 0.1) is 0 Å². The van der Waals surface area contributed by atoms with Crippen LogP contribution in [0.4, 0.5) is 0 Å². The van der Waals surface area contributed by atoms with Crippen LogP contribution in [0.25, 0.3) is 0 Å². The molecule has 1 atom stereocenters. The molecule has 0 aromatic carbocycles. The predicted octanol–water partition coefficient (Wildman–Crippen LogP) is 0.111. The fourth-order valence-corrected chi connectivity index (χ4v) is 0.264. The Morgan fingerprint density at radius 2 is 2.30 bits per heavy atom. The topological polar surface area (TPSA) is 52.6 Å². The van der Waals surface area contributed by atoms with Gasteiger partial charge in [0.15, 0.2) is 6.79 Å². The zero-order chi connectivity index (χ0) is 7.98. The molecule has 0 aromatic rings. The lowest BCUT2D eigenvalue weighted by molar-refractivity contribution is -0.158. The molecular formula is C6H10O4.